The van der Waals surface area contributed by atoms with Crippen molar-refractivity contribution in [3.8, 4) is 0 Å². The van der Waals surface area contributed by atoms with E-state index < -0.39 is 0 Å². The molecule has 2 heteroatoms. The Morgan fingerprint density at radius 3 is 2.50 bits per heavy atom. The van der Waals surface area contributed by atoms with E-state index in [1.54, 1.807) is 0 Å². The number of hydrogen-bond donors (Lipinski definition) is 2. The normalized spacial score (nSPS) is 25.9. The third-order valence-corrected chi connectivity index (χ3v) is 2.89. The molecule has 1 aliphatic rings. The van der Waals surface area contributed by atoms with Gasteiger partial charge in [-0.3, -0.25) is 0 Å². The van der Waals surface area contributed by atoms with E-state index in [4.69, 9.17) is 5.73 Å². The van der Waals surface area contributed by atoms with Crippen LogP contribution in [0.15, 0.2) is 24.3 Å². The lowest BCUT2D eigenvalue weighted by atomic mass is 9.87. The Bertz CT molecular complexity index is 286. The molecular weight excluding hydrogens is 172 g/mol. The van der Waals surface area contributed by atoms with Gasteiger partial charge in [-0.2, -0.15) is 0 Å². The van der Waals surface area contributed by atoms with Crippen LogP contribution in [0.2, 0.25) is 0 Å². The Balaban J connectivity index is 1.78. The third kappa shape index (κ3) is 2.34. The molecule has 1 saturated carbocycles. The number of benzene rings is 1. The number of rotatable bonds is 3. The predicted molar refractivity (Wildman–Crippen MR) is 59.0 cm³/mol. The minimum absolute atomic E-state index is 0.436. The number of aryl methyl sites for hydroxylation is 1. The van der Waals surface area contributed by atoms with Gasteiger partial charge in [0.05, 0.1) is 0 Å². The second kappa shape index (κ2) is 4.11. The summed E-state index contributed by atoms with van der Waals surface area (Å²) in [6, 6.07) is 9.76. The minimum Gasteiger partial charge on any atom is -0.328 e. The van der Waals surface area contributed by atoms with Crippen molar-refractivity contribution in [2.75, 3.05) is 0 Å². The van der Waals surface area contributed by atoms with Crippen LogP contribution >= 0.6 is 0 Å². The SMILES string of the molecule is Cc1ccc(CNC2CC(N)C2)cc1. The van der Waals surface area contributed by atoms with Crippen LogP contribution in [0.25, 0.3) is 0 Å². The second-order valence-electron chi connectivity index (χ2n) is 4.29. The van der Waals surface area contributed by atoms with Gasteiger partial charge in [0, 0.05) is 18.6 Å². The molecule has 2 nitrogen and oxygen atoms in total. The van der Waals surface area contributed by atoms with E-state index >= 15 is 0 Å². The molecule has 0 radical (unpaired) electrons. The maximum atomic E-state index is 5.72. The van der Waals surface area contributed by atoms with Gasteiger partial charge in [0.15, 0.2) is 0 Å². The molecule has 1 aromatic carbocycles. The molecule has 3 N–H and O–H groups in total. The molecule has 76 valence electrons. The topological polar surface area (TPSA) is 38.0 Å². The van der Waals surface area contributed by atoms with Crippen LogP contribution in [-0.4, -0.2) is 12.1 Å². The van der Waals surface area contributed by atoms with Crippen molar-refractivity contribution < 1.29 is 0 Å². The van der Waals surface area contributed by atoms with Crippen LogP contribution in [-0.2, 0) is 6.54 Å². The Kier molecular flexibility index (Phi) is 2.85. The Hall–Kier alpha value is -0.860. The summed E-state index contributed by atoms with van der Waals surface area (Å²) in [7, 11) is 0. The van der Waals surface area contributed by atoms with Crippen molar-refractivity contribution in [1.82, 2.24) is 5.32 Å². The molecular formula is C12H18N2. The molecule has 0 bridgehead atoms. The highest BCUT2D eigenvalue weighted by Gasteiger charge is 2.24. The van der Waals surface area contributed by atoms with Crippen molar-refractivity contribution in [1.29, 1.82) is 0 Å². The van der Waals surface area contributed by atoms with Crippen LogP contribution < -0.4 is 11.1 Å². The molecule has 0 heterocycles. The number of nitrogens with two attached hydrogens (primary N) is 1. The van der Waals surface area contributed by atoms with E-state index in [2.05, 4.69) is 36.5 Å². The summed E-state index contributed by atoms with van der Waals surface area (Å²) < 4.78 is 0. The molecule has 0 unspecified atom stereocenters. The molecule has 0 spiro atoms. The first-order valence-electron chi connectivity index (χ1n) is 5.28. The second-order valence-corrected chi connectivity index (χ2v) is 4.29. The van der Waals surface area contributed by atoms with Gasteiger partial charge in [0.1, 0.15) is 0 Å². The Morgan fingerprint density at radius 2 is 1.93 bits per heavy atom. The van der Waals surface area contributed by atoms with E-state index in [-0.39, 0.29) is 0 Å². The van der Waals surface area contributed by atoms with Gasteiger partial charge in [0.2, 0.25) is 0 Å². The predicted octanol–water partition coefficient (Wildman–Crippen LogP) is 1.57. The van der Waals surface area contributed by atoms with E-state index in [1.165, 1.54) is 11.1 Å². The van der Waals surface area contributed by atoms with Gasteiger partial charge in [-0.05, 0) is 25.3 Å². The molecule has 0 atom stereocenters. The first kappa shape index (κ1) is 9.69. The van der Waals surface area contributed by atoms with E-state index in [9.17, 15) is 0 Å². The lowest BCUT2D eigenvalue weighted by molar-refractivity contribution is 0.291. The summed E-state index contributed by atoms with van der Waals surface area (Å²) in [5, 5.41) is 3.51. The summed E-state index contributed by atoms with van der Waals surface area (Å²) >= 11 is 0. The van der Waals surface area contributed by atoms with E-state index in [0.717, 1.165) is 19.4 Å². The van der Waals surface area contributed by atoms with Crippen molar-refractivity contribution in [2.45, 2.75) is 38.4 Å². The smallest absolute Gasteiger partial charge is 0.0208 e. The van der Waals surface area contributed by atoms with Gasteiger partial charge >= 0.3 is 0 Å². The molecule has 0 aromatic heterocycles. The fourth-order valence-electron chi connectivity index (χ4n) is 1.80. The van der Waals surface area contributed by atoms with Gasteiger partial charge in [-0.25, -0.2) is 0 Å². The quantitative estimate of drug-likeness (QED) is 0.759. The first-order valence-corrected chi connectivity index (χ1v) is 5.28. The van der Waals surface area contributed by atoms with Crippen LogP contribution in [0, 0.1) is 6.92 Å². The van der Waals surface area contributed by atoms with Crippen molar-refractivity contribution in [3.63, 3.8) is 0 Å². The molecule has 2 rings (SSSR count). The maximum absolute atomic E-state index is 5.72. The Morgan fingerprint density at radius 1 is 1.29 bits per heavy atom. The zero-order valence-electron chi connectivity index (χ0n) is 8.66. The first-order chi connectivity index (χ1) is 6.74. The molecule has 0 aliphatic heterocycles. The van der Waals surface area contributed by atoms with Gasteiger partial charge in [-0.1, -0.05) is 29.8 Å². The van der Waals surface area contributed by atoms with Gasteiger partial charge in [-0.15, -0.1) is 0 Å². The highest BCUT2D eigenvalue weighted by molar-refractivity contribution is 5.21. The lowest BCUT2D eigenvalue weighted by Gasteiger charge is -2.33. The molecule has 1 fully saturated rings. The fraction of sp³-hybridized carbons (Fsp3) is 0.500. The minimum atomic E-state index is 0.436. The molecule has 0 amide bonds. The number of nitrogens with one attached hydrogen (secondary N) is 1. The highest BCUT2D eigenvalue weighted by atomic mass is 14.9. The van der Waals surface area contributed by atoms with Crippen LogP contribution in [0.3, 0.4) is 0 Å². The van der Waals surface area contributed by atoms with Crippen molar-refractivity contribution in [2.24, 2.45) is 5.73 Å². The molecule has 0 saturated heterocycles. The molecule has 1 aromatic rings. The largest absolute Gasteiger partial charge is 0.328 e. The summed E-state index contributed by atoms with van der Waals surface area (Å²) in [5.74, 6) is 0. The standard InChI is InChI=1S/C12H18N2/c1-9-2-4-10(5-3-9)8-14-12-6-11(13)7-12/h2-5,11-12,14H,6-8,13H2,1H3. The maximum Gasteiger partial charge on any atom is 0.0208 e. The zero-order valence-corrected chi connectivity index (χ0v) is 8.66. The highest BCUT2D eigenvalue weighted by Crippen LogP contribution is 2.17. The van der Waals surface area contributed by atoms with E-state index in [0.29, 0.717) is 12.1 Å². The average molecular weight is 190 g/mol. The van der Waals surface area contributed by atoms with E-state index in [1.807, 2.05) is 0 Å². The summed E-state index contributed by atoms with van der Waals surface area (Å²) in [4.78, 5) is 0. The zero-order chi connectivity index (χ0) is 9.97. The third-order valence-electron chi connectivity index (χ3n) is 2.89. The van der Waals surface area contributed by atoms with Crippen LogP contribution in [0.4, 0.5) is 0 Å². The fourth-order valence-corrected chi connectivity index (χ4v) is 1.80. The summed E-state index contributed by atoms with van der Waals surface area (Å²) in [6.07, 6.45) is 2.26. The monoisotopic (exact) mass is 190 g/mol. The van der Waals surface area contributed by atoms with Crippen molar-refractivity contribution >= 4 is 0 Å². The summed E-state index contributed by atoms with van der Waals surface area (Å²) in [6.45, 7) is 3.08. The molecule has 14 heavy (non-hydrogen) atoms. The lowest BCUT2D eigenvalue weighted by Crippen LogP contribution is -2.48. The number of hydrogen-bond acceptors (Lipinski definition) is 2. The van der Waals surface area contributed by atoms with Gasteiger partial charge < -0.3 is 11.1 Å². The van der Waals surface area contributed by atoms with Crippen LogP contribution in [0.5, 0.6) is 0 Å². The van der Waals surface area contributed by atoms with Gasteiger partial charge in [0.25, 0.3) is 0 Å². The Labute approximate surface area is 85.5 Å². The molecule has 1 aliphatic carbocycles. The summed E-state index contributed by atoms with van der Waals surface area (Å²) in [5.41, 5.74) is 8.39. The van der Waals surface area contributed by atoms with Crippen LogP contribution in [0.1, 0.15) is 24.0 Å². The van der Waals surface area contributed by atoms with Crippen molar-refractivity contribution in [3.05, 3.63) is 35.4 Å². The average Bonchev–Trinajstić information content (AvgIpc) is 2.13.